The maximum Gasteiger partial charge on any atom is 0.310 e. The average molecular weight is 187 g/mol. The number of hydrogen-bond donors (Lipinski definition) is 0. The zero-order valence-electron chi connectivity index (χ0n) is 5.69. The molecular formula is C5H8Cl2O3. The van der Waals surface area contributed by atoms with Gasteiger partial charge in [-0.1, -0.05) is 0 Å². The summed E-state index contributed by atoms with van der Waals surface area (Å²) in [5, 5.41) is 0.194. The van der Waals surface area contributed by atoms with Crippen LogP contribution in [0.25, 0.3) is 0 Å². The Morgan fingerprint density at radius 1 is 1.20 bits per heavy atom. The Labute approximate surface area is 69.2 Å². The molecule has 10 heavy (non-hydrogen) atoms. The van der Waals surface area contributed by atoms with Gasteiger partial charge in [-0.3, -0.25) is 9.59 Å². The molecule has 0 aromatic heterocycles. The largest absolute Gasteiger partial charge is 0.394 e. The monoisotopic (exact) mass is 186 g/mol. The van der Waals surface area contributed by atoms with Crippen molar-refractivity contribution in [2.75, 3.05) is 5.34 Å². The maximum absolute atomic E-state index is 9.81. The van der Waals surface area contributed by atoms with Gasteiger partial charge in [0.05, 0.1) is 5.34 Å². The molecule has 0 atom stereocenters. The van der Waals surface area contributed by atoms with E-state index >= 15 is 0 Å². The van der Waals surface area contributed by atoms with Gasteiger partial charge in [0, 0.05) is 13.8 Å². The van der Waals surface area contributed by atoms with E-state index in [1.54, 1.807) is 0 Å². The van der Waals surface area contributed by atoms with Gasteiger partial charge < -0.3 is 4.74 Å². The molecule has 0 rings (SSSR count). The minimum Gasteiger partial charge on any atom is -0.394 e. The highest BCUT2D eigenvalue weighted by molar-refractivity contribution is 6.40. The molecule has 0 aromatic rings. The molecule has 0 aliphatic carbocycles. The van der Waals surface area contributed by atoms with Crippen LogP contribution in [0.1, 0.15) is 13.8 Å². The highest BCUT2D eigenvalue weighted by Gasteiger charge is 1.93. The van der Waals surface area contributed by atoms with Gasteiger partial charge in [0.1, 0.15) is 0 Å². The fourth-order valence-corrected chi connectivity index (χ4v) is 0.202. The number of hydrogen-bond acceptors (Lipinski definition) is 3. The summed E-state index contributed by atoms with van der Waals surface area (Å²) in [6.45, 7) is 2.36. The molecule has 0 radical (unpaired) electrons. The summed E-state index contributed by atoms with van der Waals surface area (Å²) in [6.07, 6.45) is 0. The number of ether oxygens (including phenoxy) is 1. The lowest BCUT2D eigenvalue weighted by atomic mass is 10.7. The Morgan fingerprint density at radius 2 is 1.40 bits per heavy atom. The number of rotatable bonds is 0. The maximum atomic E-state index is 9.81. The Hall–Kier alpha value is -0.280. The molecule has 0 heterocycles. The Kier molecular flexibility index (Phi) is 10.8. The molecular weight excluding hydrogens is 179 g/mol. The molecule has 0 aliphatic heterocycles. The molecule has 0 unspecified atom stereocenters. The first-order valence-electron chi connectivity index (χ1n) is 2.35. The van der Waals surface area contributed by atoms with Crippen LogP contribution < -0.4 is 0 Å². The van der Waals surface area contributed by atoms with Crippen LogP contribution in [-0.2, 0) is 14.3 Å². The van der Waals surface area contributed by atoms with Crippen LogP contribution in [0.5, 0.6) is 0 Å². The van der Waals surface area contributed by atoms with Crippen molar-refractivity contribution in [3.05, 3.63) is 0 Å². The first-order valence-corrected chi connectivity index (χ1v) is 3.42. The van der Waals surface area contributed by atoms with E-state index in [1.807, 2.05) is 0 Å². The molecule has 0 bridgehead atoms. The van der Waals surface area contributed by atoms with Crippen molar-refractivity contribution in [1.29, 1.82) is 0 Å². The van der Waals surface area contributed by atoms with Crippen molar-refractivity contribution in [3.8, 4) is 0 Å². The van der Waals surface area contributed by atoms with Gasteiger partial charge in [-0.25, -0.2) is 0 Å². The fourth-order valence-electron chi connectivity index (χ4n) is 0.202. The number of esters is 2. The number of halogens is 2. The summed E-state index contributed by atoms with van der Waals surface area (Å²) in [7, 11) is 0. The van der Waals surface area contributed by atoms with Crippen molar-refractivity contribution in [1.82, 2.24) is 0 Å². The van der Waals surface area contributed by atoms with Gasteiger partial charge in [0.25, 0.3) is 0 Å². The molecule has 0 amide bonds. The topological polar surface area (TPSA) is 43.4 Å². The van der Waals surface area contributed by atoms with E-state index in [1.165, 1.54) is 13.8 Å². The van der Waals surface area contributed by atoms with E-state index in [0.717, 1.165) is 0 Å². The zero-order valence-corrected chi connectivity index (χ0v) is 7.20. The molecule has 60 valence electrons. The van der Waals surface area contributed by atoms with E-state index in [4.69, 9.17) is 23.2 Å². The summed E-state index contributed by atoms with van der Waals surface area (Å²) in [5.74, 6) is -1.12. The summed E-state index contributed by atoms with van der Waals surface area (Å²) in [6, 6.07) is 0. The molecule has 3 nitrogen and oxygen atoms in total. The lowest BCUT2D eigenvalue weighted by Gasteiger charge is -1.87. The molecule has 0 spiro atoms. The van der Waals surface area contributed by atoms with Crippen LogP contribution in [-0.4, -0.2) is 17.3 Å². The highest BCUT2D eigenvalue weighted by atomic mass is 35.5. The second-order valence-corrected chi connectivity index (χ2v) is 1.99. The Bertz CT molecular complexity index is 101. The average Bonchev–Trinajstić information content (AvgIpc) is 1.62. The van der Waals surface area contributed by atoms with Gasteiger partial charge in [0.2, 0.25) is 0 Å². The van der Waals surface area contributed by atoms with E-state index in [9.17, 15) is 9.59 Å². The zero-order chi connectivity index (χ0) is 8.57. The van der Waals surface area contributed by atoms with Crippen LogP contribution in [0.2, 0.25) is 0 Å². The fraction of sp³-hybridized carbons (Fsp3) is 0.600. The van der Waals surface area contributed by atoms with Crippen LogP contribution in [0.4, 0.5) is 0 Å². The lowest BCUT2D eigenvalue weighted by molar-refractivity contribution is -0.156. The van der Waals surface area contributed by atoms with Crippen LogP contribution in [0.15, 0.2) is 0 Å². The predicted octanol–water partition coefficient (Wildman–Crippen LogP) is 1.52. The SMILES string of the molecule is CC(=O)OC(C)=O.ClCCl. The normalized spacial score (nSPS) is 7.20. The summed E-state index contributed by atoms with van der Waals surface area (Å²) < 4.78 is 3.97. The van der Waals surface area contributed by atoms with Crippen molar-refractivity contribution < 1.29 is 14.3 Å². The first-order chi connectivity index (χ1) is 4.54. The quantitative estimate of drug-likeness (QED) is 0.328. The summed E-state index contributed by atoms with van der Waals surface area (Å²) in [5.41, 5.74) is 0. The van der Waals surface area contributed by atoms with E-state index in [0.29, 0.717) is 0 Å². The molecule has 0 aliphatic rings. The van der Waals surface area contributed by atoms with Crippen LogP contribution >= 0.6 is 23.2 Å². The summed E-state index contributed by atoms with van der Waals surface area (Å²) in [4.78, 5) is 19.6. The molecule has 0 fully saturated rings. The van der Waals surface area contributed by atoms with Crippen molar-refractivity contribution in [2.24, 2.45) is 0 Å². The third kappa shape index (κ3) is 25.2. The smallest absolute Gasteiger partial charge is 0.310 e. The third-order valence-corrected chi connectivity index (χ3v) is 0.287. The van der Waals surface area contributed by atoms with Crippen LogP contribution in [0.3, 0.4) is 0 Å². The highest BCUT2D eigenvalue weighted by Crippen LogP contribution is 1.74. The number of alkyl halides is 2. The van der Waals surface area contributed by atoms with Gasteiger partial charge in [-0.05, 0) is 0 Å². The van der Waals surface area contributed by atoms with E-state index in [-0.39, 0.29) is 5.34 Å². The Morgan fingerprint density at radius 3 is 1.40 bits per heavy atom. The van der Waals surface area contributed by atoms with E-state index in [2.05, 4.69) is 4.74 Å². The molecule has 5 heteroatoms. The van der Waals surface area contributed by atoms with Gasteiger partial charge in [-0.2, -0.15) is 0 Å². The molecule has 0 saturated heterocycles. The third-order valence-electron chi connectivity index (χ3n) is 0.287. The van der Waals surface area contributed by atoms with Crippen molar-refractivity contribution in [2.45, 2.75) is 13.8 Å². The Balaban J connectivity index is 0. The lowest BCUT2D eigenvalue weighted by Crippen LogP contribution is -2.03. The molecule has 0 aromatic carbocycles. The second kappa shape index (κ2) is 8.72. The van der Waals surface area contributed by atoms with Gasteiger partial charge in [0.15, 0.2) is 0 Å². The first kappa shape index (κ1) is 12.4. The number of carbonyl (C=O) groups excluding carboxylic acids is 2. The van der Waals surface area contributed by atoms with Gasteiger partial charge in [-0.15, -0.1) is 23.2 Å². The van der Waals surface area contributed by atoms with Crippen molar-refractivity contribution in [3.63, 3.8) is 0 Å². The number of carbonyl (C=O) groups is 2. The standard InChI is InChI=1S/C4H6O3.CH2Cl2/c1-3(5)7-4(2)6;2-1-3/h1-2H3;1H2. The van der Waals surface area contributed by atoms with Crippen molar-refractivity contribution >= 4 is 35.1 Å². The van der Waals surface area contributed by atoms with E-state index < -0.39 is 11.9 Å². The minimum absolute atomic E-state index is 0.194. The molecule has 0 N–H and O–H groups in total. The summed E-state index contributed by atoms with van der Waals surface area (Å²) >= 11 is 9.53. The van der Waals surface area contributed by atoms with Gasteiger partial charge >= 0.3 is 11.9 Å². The molecule has 0 saturated carbocycles. The van der Waals surface area contributed by atoms with Crippen LogP contribution in [0, 0.1) is 0 Å². The second-order valence-electron chi connectivity index (χ2n) is 1.19. The predicted molar refractivity (Wildman–Crippen MR) is 39.0 cm³/mol. The minimum atomic E-state index is -0.562.